The molecule has 0 saturated heterocycles. The van der Waals surface area contributed by atoms with Gasteiger partial charge in [-0.15, -0.1) is 0 Å². The molecule has 0 radical (unpaired) electrons. The molecule has 78 valence electrons. The van der Waals surface area contributed by atoms with Crippen LogP contribution in [0.25, 0.3) is 0 Å². The summed E-state index contributed by atoms with van der Waals surface area (Å²) in [4.78, 5) is 0. The van der Waals surface area contributed by atoms with Crippen LogP contribution in [-0.4, -0.2) is 36.5 Å². The van der Waals surface area contributed by atoms with Crippen LogP contribution in [0.15, 0.2) is 12.3 Å². The Labute approximate surface area is 77.8 Å². The van der Waals surface area contributed by atoms with Crippen LogP contribution in [0.3, 0.4) is 0 Å². The van der Waals surface area contributed by atoms with Gasteiger partial charge < -0.3 is 9.84 Å². The second-order valence-electron chi connectivity index (χ2n) is 2.52. The normalized spacial score (nSPS) is 14.7. The predicted octanol–water partition coefficient (Wildman–Crippen LogP) is 0.175. The van der Waals surface area contributed by atoms with E-state index in [4.69, 9.17) is 14.4 Å². The molecular formula is C7H14O5S. The van der Waals surface area contributed by atoms with Crippen LogP contribution in [-0.2, 0) is 14.9 Å². The summed E-state index contributed by atoms with van der Waals surface area (Å²) in [6.45, 7) is 1.77. The van der Waals surface area contributed by atoms with Crippen LogP contribution >= 0.6 is 0 Å². The lowest BCUT2D eigenvalue weighted by molar-refractivity contribution is 0.0982. The Kier molecular flexibility index (Phi) is 5.68. The monoisotopic (exact) mass is 210 g/mol. The number of allylic oxidation sites excluding steroid dienone is 1. The molecule has 0 spiro atoms. The quantitative estimate of drug-likeness (QED) is 0.482. The number of hydrogen-bond donors (Lipinski definition) is 2. The molecule has 0 heterocycles. The van der Waals surface area contributed by atoms with Gasteiger partial charge in [0.15, 0.2) is 0 Å². The first-order valence-corrected chi connectivity index (χ1v) is 5.46. The lowest BCUT2D eigenvalue weighted by Crippen LogP contribution is -2.24. The number of aliphatic hydroxyl groups excluding tert-OH is 1. The molecule has 1 atom stereocenters. The number of hydrogen-bond acceptors (Lipinski definition) is 4. The van der Waals surface area contributed by atoms with Gasteiger partial charge in [-0.3, -0.25) is 4.55 Å². The largest absolute Gasteiger partial charge is 0.499 e. The van der Waals surface area contributed by atoms with Gasteiger partial charge in [0.1, 0.15) is 18.5 Å². The molecule has 0 aliphatic carbocycles. The highest BCUT2D eigenvalue weighted by molar-refractivity contribution is 7.85. The van der Waals surface area contributed by atoms with Crippen LogP contribution in [0.4, 0.5) is 0 Å². The van der Waals surface area contributed by atoms with Gasteiger partial charge in [0.05, 0.1) is 6.26 Å². The summed E-state index contributed by atoms with van der Waals surface area (Å²) in [5, 5.41) is 8.99. The van der Waals surface area contributed by atoms with E-state index in [9.17, 15) is 8.42 Å². The van der Waals surface area contributed by atoms with Crippen molar-refractivity contribution in [2.45, 2.75) is 19.4 Å². The second-order valence-corrected chi connectivity index (χ2v) is 4.01. The number of ether oxygens (including phenoxy) is 1. The highest BCUT2D eigenvalue weighted by Gasteiger charge is 2.13. The maximum Gasteiger partial charge on any atom is 0.267 e. The topological polar surface area (TPSA) is 83.8 Å². The minimum absolute atomic E-state index is 0.143. The van der Waals surface area contributed by atoms with Gasteiger partial charge in [-0.1, -0.05) is 13.0 Å². The summed E-state index contributed by atoms with van der Waals surface area (Å²) in [7, 11) is -4.12. The van der Waals surface area contributed by atoms with E-state index in [1.54, 1.807) is 6.08 Å². The van der Waals surface area contributed by atoms with E-state index < -0.39 is 22.0 Å². The summed E-state index contributed by atoms with van der Waals surface area (Å²) in [5.74, 6) is -0.701. The Balaban J connectivity index is 3.64. The van der Waals surface area contributed by atoms with Crippen molar-refractivity contribution < 1.29 is 22.8 Å². The summed E-state index contributed by atoms with van der Waals surface area (Å²) < 4.78 is 33.6. The third kappa shape index (κ3) is 9.32. The molecule has 0 aromatic rings. The van der Waals surface area contributed by atoms with E-state index in [1.807, 2.05) is 6.92 Å². The van der Waals surface area contributed by atoms with Gasteiger partial charge in [0, 0.05) is 0 Å². The third-order valence-electron chi connectivity index (χ3n) is 1.12. The van der Waals surface area contributed by atoms with Gasteiger partial charge in [-0.05, 0) is 6.42 Å². The minimum Gasteiger partial charge on any atom is -0.499 e. The van der Waals surface area contributed by atoms with E-state index in [0.717, 1.165) is 6.42 Å². The second kappa shape index (κ2) is 5.95. The smallest absolute Gasteiger partial charge is 0.267 e. The van der Waals surface area contributed by atoms with E-state index in [-0.39, 0.29) is 6.61 Å². The fourth-order valence-corrected chi connectivity index (χ4v) is 1.20. The van der Waals surface area contributed by atoms with Crippen molar-refractivity contribution in [1.29, 1.82) is 0 Å². The highest BCUT2D eigenvalue weighted by Crippen LogP contribution is 1.92. The molecule has 1 unspecified atom stereocenters. The Morgan fingerprint density at radius 3 is 2.62 bits per heavy atom. The lowest BCUT2D eigenvalue weighted by Gasteiger charge is -2.07. The van der Waals surface area contributed by atoms with Gasteiger partial charge in [0.25, 0.3) is 10.1 Å². The van der Waals surface area contributed by atoms with Crippen LogP contribution in [0.1, 0.15) is 13.3 Å². The van der Waals surface area contributed by atoms with E-state index >= 15 is 0 Å². The molecule has 0 bridgehead atoms. The van der Waals surface area contributed by atoms with Crippen LogP contribution in [0, 0.1) is 0 Å². The Morgan fingerprint density at radius 2 is 2.15 bits per heavy atom. The van der Waals surface area contributed by atoms with E-state index in [0.29, 0.717) is 0 Å². The lowest BCUT2D eigenvalue weighted by atomic mass is 10.4. The van der Waals surface area contributed by atoms with Gasteiger partial charge >= 0.3 is 0 Å². The molecule has 0 saturated carbocycles. The highest BCUT2D eigenvalue weighted by atomic mass is 32.2. The molecule has 2 N–H and O–H groups in total. The molecule has 0 fully saturated rings. The minimum atomic E-state index is -4.12. The van der Waals surface area contributed by atoms with Crippen molar-refractivity contribution >= 4 is 10.1 Å². The molecule has 6 heteroatoms. The van der Waals surface area contributed by atoms with Gasteiger partial charge in [-0.25, -0.2) is 0 Å². The first-order valence-electron chi connectivity index (χ1n) is 3.85. The van der Waals surface area contributed by atoms with Crippen molar-refractivity contribution in [2.24, 2.45) is 0 Å². The Morgan fingerprint density at radius 1 is 1.54 bits per heavy atom. The Hall–Kier alpha value is -0.590. The SMILES string of the molecule is CCC=COCC(O)CS(=O)(=O)O. The zero-order chi connectivity index (χ0) is 10.3. The molecule has 0 amide bonds. The molecular weight excluding hydrogens is 196 g/mol. The molecule has 0 aromatic carbocycles. The van der Waals surface area contributed by atoms with Crippen molar-refractivity contribution in [1.82, 2.24) is 0 Å². The Bertz CT molecular complexity index is 244. The average molecular weight is 210 g/mol. The summed E-state index contributed by atoms with van der Waals surface area (Å²) in [6, 6.07) is 0. The molecule has 0 rings (SSSR count). The summed E-state index contributed by atoms with van der Waals surface area (Å²) >= 11 is 0. The maximum absolute atomic E-state index is 10.3. The van der Waals surface area contributed by atoms with Crippen LogP contribution in [0.5, 0.6) is 0 Å². The molecule has 0 aliphatic rings. The van der Waals surface area contributed by atoms with Crippen molar-refractivity contribution in [3.05, 3.63) is 12.3 Å². The molecule has 13 heavy (non-hydrogen) atoms. The van der Waals surface area contributed by atoms with Crippen molar-refractivity contribution in [2.75, 3.05) is 12.4 Å². The summed E-state index contributed by atoms with van der Waals surface area (Å²) in [6.07, 6.45) is 2.71. The van der Waals surface area contributed by atoms with E-state index in [1.165, 1.54) is 6.26 Å². The molecule has 0 aromatic heterocycles. The molecule has 5 nitrogen and oxygen atoms in total. The fourth-order valence-electron chi connectivity index (χ4n) is 0.622. The first kappa shape index (κ1) is 12.4. The average Bonchev–Trinajstić information content (AvgIpc) is 1.94. The number of rotatable bonds is 6. The molecule has 0 aliphatic heterocycles. The zero-order valence-corrected chi connectivity index (χ0v) is 8.20. The van der Waals surface area contributed by atoms with Crippen LogP contribution < -0.4 is 0 Å². The summed E-state index contributed by atoms with van der Waals surface area (Å²) in [5.41, 5.74) is 0. The number of aliphatic hydroxyl groups is 1. The predicted molar refractivity (Wildman–Crippen MR) is 47.8 cm³/mol. The van der Waals surface area contributed by atoms with Crippen molar-refractivity contribution in [3.63, 3.8) is 0 Å². The fraction of sp³-hybridized carbons (Fsp3) is 0.714. The van der Waals surface area contributed by atoms with Gasteiger partial charge in [0.2, 0.25) is 0 Å². The van der Waals surface area contributed by atoms with E-state index in [2.05, 4.69) is 0 Å². The maximum atomic E-state index is 10.3. The zero-order valence-electron chi connectivity index (χ0n) is 7.38. The first-order chi connectivity index (χ1) is 5.95. The van der Waals surface area contributed by atoms with Gasteiger partial charge in [-0.2, -0.15) is 8.42 Å². The van der Waals surface area contributed by atoms with Crippen LogP contribution in [0.2, 0.25) is 0 Å². The van der Waals surface area contributed by atoms with Crippen molar-refractivity contribution in [3.8, 4) is 0 Å². The standard InChI is InChI=1S/C7H14O5S/c1-2-3-4-12-5-7(8)6-13(9,10)11/h3-4,7-8H,2,5-6H2,1H3,(H,9,10,11). The third-order valence-corrected chi connectivity index (χ3v) is 1.93.